The fourth-order valence-corrected chi connectivity index (χ4v) is 2.96. The SMILES string of the molecule is CCCSc1cc(SC)cc(CCN)c1N. The molecule has 4 N–H and O–H groups in total. The second-order valence-corrected chi connectivity index (χ2v) is 5.60. The van der Waals surface area contributed by atoms with Crippen molar-refractivity contribution in [2.45, 2.75) is 29.6 Å². The van der Waals surface area contributed by atoms with E-state index in [1.165, 1.54) is 21.8 Å². The predicted molar refractivity (Wildman–Crippen MR) is 76.4 cm³/mol. The number of hydrogen-bond donors (Lipinski definition) is 2. The third-order valence-electron chi connectivity index (χ3n) is 2.31. The summed E-state index contributed by atoms with van der Waals surface area (Å²) in [4.78, 5) is 2.48. The van der Waals surface area contributed by atoms with Crippen LogP contribution in [0.25, 0.3) is 0 Å². The van der Waals surface area contributed by atoms with Gasteiger partial charge in [-0.15, -0.1) is 23.5 Å². The second kappa shape index (κ2) is 7.09. The summed E-state index contributed by atoms with van der Waals surface area (Å²) < 4.78 is 0. The topological polar surface area (TPSA) is 52.0 Å². The first-order valence-electron chi connectivity index (χ1n) is 5.52. The molecule has 1 rings (SSSR count). The van der Waals surface area contributed by atoms with Gasteiger partial charge in [-0.05, 0) is 49.1 Å². The molecule has 0 radical (unpaired) electrons. The standard InChI is InChI=1S/C12H20N2S2/c1-3-6-16-11-8-10(15-2)7-9(4-5-13)12(11)14/h7-8H,3-6,13-14H2,1-2H3. The monoisotopic (exact) mass is 256 g/mol. The first-order chi connectivity index (χ1) is 7.72. The Morgan fingerprint density at radius 2 is 2.06 bits per heavy atom. The summed E-state index contributed by atoms with van der Waals surface area (Å²) in [6.45, 7) is 2.84. The zero-order valence-corrected chi connectivity index (χ0v) is 11.6. The lowest BCUT2D eigenvalue weighted by Crippen LogP contribution is -2.06. The van der Waals surface area contributed by atoms with E-state index in [0.717, 1.165) is 17.9 Å². The molecule has 0 aliphatic rings. The predicted octanol–water partition coefficient (Wildman–Crippen LogP) is 2.99. The van der Waals surface area contributed by atoms with Crippen molar-refractivity contribution in [1.82, 2.24) is 0 Å². The van der Waals surface area contributed by atoms with E-state index in [2.05, 4.69) is 25.3 Å². The summed E-state index contributed by atoms with van der Waals surface area (Å²) in [6.07, 6.45) is 4.12. The third-order valence-corrected chi connectivity index (χ3v) is 4.28. The summed E-state index contributed by atoms with van der Waals surface area (Å²) in [5.41, 5.74) is 13.9. The molecule has 0 heterocycles. The minimum absolute atomic E-state index is 0.653. The molecule has 0 saturated heterocycles. The number of benzene rings is 1. The zero-order chi connectivity index (χ0) is 12.0. The van der Waals surface area contributed by atoms with Gasteiger partial charge in [-0.25, -0.2) is 0 Å². The molecule has 0 amide bonds. The van der Waals surface area contributed by atoms with Gasteiger partial charge in [0, 0.05) is 15.5 Å². The fraction of sp³-hybridized carbons (Fsp3) is 0.500. The van der Waals surface area contributed by atoms with Crippen LogP contribution in [0.5, 0.6) is 0 Å². The van der Waals surface area contributed by atoms with Gasteiger partial charge < -0.3 is 11.5 Å². The molecular formula is C12H20N2S2. The second-order valence-electron chi connectivity index (χ2n) is 3.59. The van der Waals surface area contributed by atoms with Crippen LogP contribution in [0.15, 0.2) is 21.9 Å². The number of hydrogen-bond acceptors (Lipinski definition) is 4. The van der Waals surface area contributed by atoms with Crippen molar-refractivity contribution >= 4 is 29.2 Å². The van der Waals surface area contributed by atoms with Gasteiger partial charge in [-0.3, -0.25) is 0 Å². The molecule has 16 heavy (non-hydrogen) atoms. The number of nitrogen functional groups attached to an aromatic ring is 1. The van der Waals surface area contributed by atoms with Crippen molar-refractivity contribution in [3.8, 4) is 0 Å². The Morgan fingerprint density at radius 3 is 2.62 bits per heavy atom. The Hall–Kier alpha value is -0.320. The summed E-state index contributed by atoms with van der Waals surface area (Å²) in [5.74, 6) is 1.12. The number of thioether (sulfide) groups is 2. The van der Waals surface area contributed by atoms with Crippen LogP contribution in [0.1, 0.15) is 18.9 Å². The van der Waals surface area contributed by atoms with Gasteiger partial charge >= 0.3 is 0 Å². The van der Waals surface area contributed by atoms with Crippen molar-refractivity contribution in [2.24, 2.45) is 5.73 Å². The van der Waals surface area contributed by atoms with Crippen molar-refractivity contribution < 1.29 is 0 Å². The first kappa shape index (κ1) is 13.7. The molecule has 4 heteroatoms. The number of nitrogens with two attached hydrogens (primary N) is 2. The highest BCUT2D eigenvalue weighted by Crippen LogP contribution is 2.33. The Bertz CT molecular complexity index is 340. The molecule has 0 aromatic heterocycles. The lowest BCUT2D eigenvalue weighted by atomic mass is 10.1. The van der Waals surface area contributed by atoms with E-state index >= 15 is 0 Å². The van der Waals surface area contributed by atoms with Crippen LogP contribution in [0.4, 0.5) is 5.69 Å². The van der Waals surface area contributed by atoms with Crippen LogP contribution in [-0.4, -0.2) is 18.6 Å². The van der Waals surface area contributed by atoms with Gasteiger partial charge in [0.25, 0.3) is 0 Å². The van der Waals surface area contributed by atoms with E-state index in [0.29, 0.717) is 6.54 Å². The quantitative estimate of drug-likeness (QED) is 0.607. The molecule has 1 aromatic carbocycles. The lowest BCUT2D eigenvalue weighted by Gasteiger charge is -2.12. The molecule has 2 nitrogen and oxygen atoms in total. The van der Waals surface area contributed by atoms with E-state index in [1.54, 1.807) is 11.8 Å². The maximum absolute atomic E-state index is 6.15. The zero-order valence-electron chi connectivity index (χ0n) is 9.95. The van der Waals surface area contributed by atoms with Crippen LogP contribution < -0.4 is 11.5 Å². The number of rotatable bonds is 6. The summed E-state index contributed by atoms with van der Waals surface area (Å²) in [7, 11) is 0. The molecule has 0 unspecified atom stereocenters. The normalized spacial score (nSPS) is 10.7. The fourth-order valence-electron chi connectivity index (χ4n) is 1.47. The average molecular weight is 256 g/mol. The van der Waals surface area contributed by atoms with E-state index in [-0.39, 0.29) is 0 Å². The molecule has 0 spiro atoms. The molecule has 0 saturated carbocycles. The summed E-state index contributed by atoms with van der Waals surface area (Å²) >= 11 is 3.59. The van der Waals surface area contributed by atoms with Crippen molar-refractivity contribution in [3.05, 3.63) is 17.7 Å². The average Bonchev–Trinajstić information content (AvgIpc) is 2.30. The van der Waals surface area contributed by atoms with E-state index in [9.17, 15) is 0 Å². The van der Waals surface area contributed by atoms with Gasteiger partial charge in [-0.2, -0.15) is 0 Å². The highest BCUT2D eigenvalue weighted by atomic mass is 32.2. The Kier molecular flexibility index (Phi) is 6.09. The highest BCUT2D eigenvalue weighted by molar-refractivity contribution is 7.99. The van der Waals surface area contributed by atoms with E-state index in [4.69, 9.17) is 11.5 Å². The van der Waals surface area contributed by atoms with Crippen LogP contribution in [-0.2, 0) is 6.42 Å². The smallest absolute Gasteiger partial charge is 0.0486 e. The van der Waals surface area contributed by atoms with Gasteiger partial charge in [0.15, 0.2) is 0 Å². The van der Waals surface area contributed by atoms with Gasteiger partial charge in [0.2, 0.25) is 0 Å². The molecule has 0 bridgehead atoms. The Balaban J connectivity index is 2.99. The minimum atomic E-state index is 0.653. The number of anilines is 1. The lowest BCUT2D eigenvalue weighted by molar-refractivity contribution is 0.960. The third kappa shape index (κ3) is 3.61. The van der Waals surface area contributed by atoms with E-state index in [1.807, 2.05) is 11.8 Å². The highest BCUT2D eigenvalue weighted by Gasteiger charge is 2.07. The van der Waals surface area contributed by atoms with Gasteiger partial charge in [0.05, 0.1) is 0 Å². The van der Waals surface area contributed by atoms with Crippen LogP contribution in [0.2, 0.25) is 0 Å². The van der Waals surface area contributed by atoms with Crippen LogP contribution in [0, 0.1) is 0 Å². The molecule has 0 atom stereocenters. The Morgan fingerprint density at radius 1 is 1.31 bits per heavy atom. The van der Waals surface area contributed by atoms with Gasteiger partial charge in [0.1, 0.15) is 0 Å². The largest absolute Gasteiger partial charge is 0.398 e. The van der Waals surface area contributed by atoms with Gasteiger partial charge in [-0.1, -0.05) is 6.92 Å². The molecule has 90 valence electrons. The summed E-state index contributed by atoms with van der Waals surface area (Å²) in [5, 5.41) is 0. The summed E-state index contributed by atoms with van der Waals surface area (Å²) in [6, 6.07) is 4.34. The maximum atomic E-state index is 6.15. The van der Waals surface area contributed by atoms with Crippen molar-refractivity contribution in [2.75, 3.05) is 24.3 Å². The molecule has 0 fully saturated rings. The Labute approximate surface area is 107 Å². The first-order valence-corrected chi connectivity index (χ1v) is 7.73. The molecule has 0 aliphatic heterocycles. The molecular weight excluding hydrogens is 236 g/mol. The van der Waals surface area contributed by atoms with Crippen LogP contribution >= 0.6 is 23.5 Å². The maximum Gasteiger partial charge on any atom is 0.0486 e. The van der Waals surface area contributed by atoms with E-state index < -0.39 is 0 Å². The van der Waals surface area contributed by atoms with Crippen LogP contribution in [0.3, 0.4) is 0 Å². The minimum Gasteiger partial charge on any atom is -0.398 e. The molecule has 1 aromatic rings. The molecule has 0 aliphatic carbocycles. The van der Waals surface area contributed by atoms with Crippen molar-refractivity contribution in [1.29, 1.82) is 0 Å². The van der Waals surface area contributed by atoms with Crippen molar-refractivity contribution in [3.63, 3.8) is 0 Å².